The summed E-state index contributed by atoms with van der Waals surface area (Å²) in [5.41, 5.74) is 3.50. The molecule has 3 fully saturated rings. The molecular weight excluding hydrogens is 282 g/mol. The Hall–Kier alpha value is -1.06. The highest BCUT2D eigenvalue weighted by Gasteiger charge is 2.60. The first kappa shape index (κ1) is 15.5. The quantitative estimate of drug-likeness (QED) is 0.846. The van der Waals surface area contributed by atoms with Crippen molar-refractivity contribution in [3.05, 3.63) is 29.8 Å². The van der Waals surface area contributed by atoms with Crippen LogP contribution in [0, 0.1) is 5.92 Å². The molecule has 0 bridgehead atoms. The monoisotopic (exact) mass is 313 g/mol. The average Bonchev–Trinajstić information content (AvgIpc) is 3.16. The average molecular weight is 313 g/mol. The van der Waals surface area contributed by atoms with E-state index in [2.05, 4.69) is 59.7 Å². The number of hydrogen-bond acceptors (Lipinski definition) is 3. The van der Waals surface area contributed by atoms with Gasteiger partial charge < -0.3 is 9.80 Å². The Morgan fingerprint density at radius 3 is 2.35 bits per heavy atom. The number of anilines is 1. The molecule has 0 amide bonds. The molecule has 0 radical (unpaired) electrons. The lowest BCUT2D eigenvalue weighted by Gasteiger charge is -2.41. The Morgan fingerprint density at radius 1 is 1.00 bits per heavy atom. The number of piperidine rings is 1. The van der Waals surface area contributed by atoms with Crippen LogP contribution in [-0.2, 0) is 5.41 Å². The topological polar surface area (TPSA) is 9.72 Å². The van der Waals surface area contributed by atoms with E-state index in [9.17, 15) is 0 Å². The third-order valence-corrected chi connectivity index (χ3v) is 6.60. The second-order valence-corrected chi connectivity index (χ2v) is 7.87. The van der Waals surface area contributed by atoms with Crippen molar-refractivity contribution in [2.45, 2.75) is 38.6 Å². The van der Waals surface area contributed by atoms with Gasteiger partial charge in [0.05, 0.1) is 0 Å². The number of benzene rings is 1. The fourth-order valence-electron chi connectivity index (χ4n) is 4.96. The third-order valence-electron chi connectivity index (χ3n) is 6.60. The molecule has 4 rings (SSSR count). The molecule has 1 saturated carbocycles. The van der Waals surface area contributed by atoms with Crippen molar-refractivity contribution in [3.8, 4) is 0 Å². The fourth-order valence-corrected chi connectivity index (χ4v) is 4.96. The molecule has 23 heavy (non-hydrogen) atoms. The molecule has 3 aliphatic rings. The predicted octanol–water partition coefficient (Wildman–Crippen LogP) is 2.81. The van der Waals surface area contributed by atoms with Crippen LogP contribution in [0.1, 0.15) is 32.8 Å². The number of piperazine rings is 1. The highest BCUT2D eigenvalue weighted by Crippen LogP contribution is 2.59. The minimum atomic E-state index is 0.501. The molecule has 1 aromatic rings. The standard InChI is InChI=1S/C20H31N3/c1-4-21-10-11-23(16(3)13-21)19-8-6-17(7-9-19)20-12-18(20)14-22(5-2)15-20/h6-9,16,18H,4-5,10-15H2,1-3H3. The van der Waals surface area contributed by atoms with Crippen LogP contribution in [0.3, 0.4) is 0 Å². The van der Waals surface area contributed by atoms with Gasteiger partial charge in [-0.15, -0.1) is 0 Å². The van der Waals surface area contributed by atoms with Crippen molar-refractivity contribution in [2.75, 3.05) is 50.7 Å². The zero-order valence-corrected chi connectivity index (χ0v) is 15.0. The van der Waals surface area contributed by atoms with Gasteiger partial charge in [-0.3, -0.25) is 4.90 Å². The minimum Gasteiger partial charge on any atom is -0.366 e. The molecule has 3 atom stereocenters. The number of rotatable bonds is 4. The van der Waals surface area contributed by atoms with Crippen molar-refractivity contribution >= 4 is 5.69 Å². The Morgan fingerprint density at radius 2 is 1.74 bits per heavy atom. The number of nitrogens with zero attached hydrogens (tertiary/aromatic N) is 3. The summed E-state index contributed by atoms with van der Waals surface area (Å²) in [5, 5.41) is 0. The molecule has 3 unspecified atom stereocenters. The SMILES string of the molecule is CCN1CCN(c2ccc(C34CC3CN(CC)C4)cc2)C(C)C1. The zero-order chi connectivity index (χ0) is 16.0. The first-order valence-electron chi connectivity index (χ1n) is 9.48. The van der Waals surface area contributed by atoms with Gasteiger partial charge >= 0.3 is 0 Å². The van der Waals surface area contributed by atoms with Crippen molar-refractivity contribution in [2.24, 2.45) is 5.92 Å². The van der Waals surface area contributed by atoms with Crippen LogP contribution in [0.4, 0.5) is 5.69 Å². The van der Waals surface area contributed by atoms with E-state index in [0.29, 0.717) is 11.5 Å². The van der Waals surface area contributed by atoms with E-state index in [0.717, 1.165) is 12.5 Å². The van der Waals surface area contributed by atoms with Crippen LogP contribution >= 0.6 is 0 Å². The van der Waals surface area contributed by atoms with Crippen molar-refractivity contribution in [3.63, 3.8) is 0 Å². The van der Waals surface area contributed by atoms with Gasteiger partial charge in [-0.1, -0.05) is 26.0 Å². The first-order valence-corrected chi connectivity index (χ1v) is 9.48. The summed E-state index contributed by atoms with van der Waals surface area (Å²) in [7, 11) is 0. The van der Waals surface area contributed by atoms with E-state index in [1.54, 1.807) is 5.56 Å². The largest absolute Gasteiger partial charge is 0.366 e. The van der Waals surface area contributed by atoms with Gasteiger partial charge in [0, 0.05) is 49.9 Å². The maximum absolute atomic E-state index is 2.62. The summed E-state index contributed by atoms with van der Waals surface area (Å²) in [6.07, 6.45) is 1.41. The molecule has 3 nitrogen and oxygen atoms in total. The highest BCUT2D eigenvalue weighted by atomic mass is 15.3. The Bertz CT molecular complexity index is 555. The Labute approximate surface area is 141 Å². The van der Waals surface area contributed by atoms with Crippen LogP contribution in [-0.4, -0.2) is 61.7 Å². The molecule has 0 N–H and O–H groups in total. The summed E-state index contributed by atoms with van der Waals surface area (Å²) < 4.78 is 0. The number of likely N-dealkylation sites (N-methyl/N-ethyl adjacent to an activating group) is 2. The molecule has 1 aromatic carbocycles. The van der Waals surface area contributed by atoms with Crippen LogP contribution in [0.15, 0.2) is 24.3 Å². The van der Waals surface area contributed by atoms with Gasteiger partial charge in [0.2, 0.25) is 0 Å². The van der Waals surface area contributed by atoms with Crippen LogP contribution in [0.2, 0.25) is 0 Å². The van der Waals surface area contributed by atoms with Gasteiger partial charge in [0.15, 0.2) is 0 Å². The molecule has 2 heterocycles. The smallest absolute Gasteiger partial charge is 0.0389 e. The lowest BCUT2D eigenvalue weighted by Crippen LogP contribution is -2.51. The van der Waals surface area contributed by atoms with Crippen molar-refractivity contribution in [1.82, 2.24) is 9.80 Å². The van der Waals surface area contributed by atoms with Crippen molar-refractivity contribution in [1.29, 1.82) is 0 Å². The van der Waals surface area contributed by atoms with Gasteiger partial charge in [-0.05, 0) is 50.0 Å². The summed E-state index contributed by atoms with van der Waals surface area (Å²) in [6.45, 7) is 15.4. The lowest BCUT2D eigenvalue weighted by molar-refractivity contribution is 0.240. The molecule has 0 aromatic heterocycles. The number of likely N-dealkylation sites (tertiary alicyclic amines) is 1. The molecule has 126 valence electrons. The summed E-state index contributed by atoms with van der Waals surface area (Å²) in [6, 6.07) is 10.2. The second kappa shape index (κ2) is 5.78. The maximum atomic E-state index is 2.62. The Balaban J connectivity index is 1.47. The fraction of sp³-hybridized carbons (Fsp3) is 0.700. The molecule has 2 aliphatic heterocycles. The van der Waals surface area contributed by atoms with Crippen molar-refractivity contribution < 1.29 is 0 Å². The Kier molecular flexibility index (Phi) is 3.89. The minimum absolute atomic E-state index is 0.501. The number of fused-ring (bicyclic) bond motifs is 1. The van der Waals surface area contributed by atoms with Gasteiger partial charge in [-0.25, -0.2) is 0 Å². The first-order chi connectivity index (χ1) is 11.2. The van der Waals surface area contributed by atoms with Crippen LogP contribution in [0.25, 0.3) is 0 Å². The van der Waals surface area contributed by atoms with Gasteiger partial charge in [0.25, 0.3) is 0 Å². The third kappa shape index (κ3) is 2.58. The van der Waals surface area contributed by atoms with Gasteiger partial charge in [-0.2, -0.15) is 0 Å². The molecular formula is C20H31N3. The predicted molar refractivity (Wildman–Crippen MR) is 97.3 cm³/mol. The van der Waals surface area contributed by atoms with E-state index in [1.165, 1.54) is 51.4 Å². The van der Waals surface area contributed by atoms with E-state index in [1.807, 2.05) is 0 Å². The molecule has 3 heteroatoms. The lowest BCUT2D eigenvalue weighted by atomic mass is 9.94. The zero-order valence-electron chi connectivity index (χ0n) is 15.0. The summed E-state index contributed by atoms with van der Waals surface area (Å²) in [4.78, 5) is 7.76. The van der Waals surface area contributed by atoms with E-state index < -0.39 is 0 Å². The molecule has 0 spiro atoms. The second-order valence-electron chi connectivity index (χ2n) is 7.87. The normalized spacial score (nSPS) is 34.7. The molecule has 2 saturated heterocycles. The summed E-state index contributed by atoms with van der Waals surface area (Å²) >= 11 is 0. The molecule has 1 aliphatic carbocycles. The maximum Gasteiger partial charge on any atom is 0.0389 e. The summed E-state index contributed by atoms with van der Waals surface area (Å²) in [5.74, 6) is 0.917. The highest BCUT2D eigenvalue weighted by molar-refractivity contribution is 5.51. The van der Waals surface area contributed by atoms with Crippen LogP contribution in [0.5, 0.6) is 0 Å². The van der Waals surface area contributed by atoms with E-state index in [-0.39, 0.29) is 0 Å². The van der Waals surface area contributed by atoms with E-state index >= 15 is 0 Å². The van der Waals surface area contributed by atoms with Crippen LogP contribution < -0.4 is 4.90 Å². The van der Waals surface area contributed by atoms with E-state index in [4.69, 9.17) is 0 Å². The number of hydrogen-bond donors (Lipinski definition) is 0. The van der Waals surface area contributed by atoms with Gasteiger partial charge in [0.1, 0.15) is 0 Å².